The number of carbonyl (C=O) groups is 2. The summed E-state index contributed by atoms with van der Waals surface area (Å²) in [6.07, 6.45) is 4.27. The van der Waals surface area contributed by atoms with Crippen LogP contribution in [0.3, 0.4) is 0 Å². The van der Waals surface area contributed by atoms with Gasteiger partial charge in [-0.15, -0.1) is 0 Å². The summed E-state index contributed by atoms with van der Waals surface area (Å²) >= 11 is 6.34. The van der Waals surface area contributed by atoms with Gasteiger partial charge in [-0.25, -0.2) is 14.8 Å². The molecule has 0 aliphatic heterocycles. The summed E-state index contributed by atoms with van der Waals surface area (Å²) < 4.78 is 5.62. The van der Waals surface area contributed by atoms with Crippen molar-refractivity contribution < 1.29 is 19.1 Å². The standard InChI is InChI=1S/C19H17ClN4O4/c1-9-3-11-15(20)14(28-16(11)12(4-9)19(26)27)8-24-18(25)13(5-21)17-22-6-10(2)7-23-17/h3-7H,8,21H2,1-2H3,(H,24,25)(H,26,27)/b13-5+. The number of fused-ring (bicyclic) bond motifs is 1. The van der Waals surface area contributed by atoms with Crippen LogP contribution >= 0.6 is 11.6 Å². The second-order valence-corrected chi connectivity index (χ2v) is 6.56. The fourth-order valence-electron chi connectivity index (χ4n) is 2.68. The lowest BCUT2D eigenvalue weighted by Gasteiger charge is -2.06. The molecule has 2 heterocycles. The van der Waals surface area contributed by atoms with Gasteiger partial charge in [0.2, 0.25) is 0 Å². The van der Waals surface area contributed by atoms with E-state index in [9.17, 15) is 14.7 Å². The molecule has 0 radical (unpaired) electrons. The highest BCUT2D eigenvalue weighted by Gasteiger charge is 2.21. The number of benzene rings is 1. The average molecular weight is 401 g/mol. The number of carboxylic acid groups (broad SMARTS) is 1. The van der Waals surface area contributed by atoms with Gasteiger partial charge in [0.1, 0.15) is 11.3 Å². The molecule has 0 spiro atoms. The first kappa shape index (κ1) is 19.4. The van der Waals surface area contributed by atoms with E-state index in [4.69, 9.17) is 21.8 Å². The minimum atomic E-state index is -1.13. The lowest BCUT2D eigenvalue weighted by atomic mass is 10.1. The van der Waals surface area contributed by atoms with Crippen LogP contribution in [0.2, 0.25) is 5.02 Å². The van der Waals surface area contributed by atoms with E-state index in [1.165, 1.54) is 6.07 Å². The zero-order chi connectivity index (χ0) is 20.4. The van der Waals surface area contributed by atoms with Crippen LogP contribution in [0.4, 0.5) is 0 Å². The largest absolute Gasteiger partial charge is 0.478 e. The van der Waals surface area contributed by atoms with Gasteiger partial charge < -0.3 is 20.6 Å². The molecule has 0 saturated heterocycles. The van der Waals surface area contributed by atoms with Crippen molar-refractivity contribution >= 4 is 40.0 Å². The minimum Gasteiger partial charge on any atom is -0.478 e. The molecule has 2 aromatic heterocycles. The summed E-state index contributed by atoms with van der Waals surface area (Å²) in [5.41, 5.74) is 7.39. The van der Waals surface area contributed by atoms with Gasteiger partial charge in [-0.2, -0.15) is 0 Å². The van der Waals surface area contributed by atoms with Gasteiger partial charge in [0.05, 0.1) is 17.1 Å². The summed E-state index contributed by atoms with van der Waals surface area (Å²) in [5, 5.41) is 12.7. The van der Waals surface area contributed by atoms with Crippen LogP contribution in [0.1, 0.15) is 33.1 Å². The number of halogens is 1. The monoisotopic (exact) mass is 400 g/mol. The van der Waals surface area contributed by atoms with Gasteiger partial charge in [-0.1, -0.05) is 11.6 Å². The summed E-state index contributed by atoms with van der Waals surface area (Å²) in [6.45, 7) is 3.52. The van der Waals surface area contributed by atoms with Crippen molar-refractivity contribution in [3.8, 4) is 0 Å². The molecule has 0 saturated carbocycles. The van der Waals surface area contributed by atoms with E-state index in [1.54, 1.807) is 25.4 Å². The Hall–Kier alpha value is -3.39. The van der Waals surface area contributed by atoms with E-state index < -0.39 is 11.9 Å². The average Bonchev–Trinajstić information content (AvgIpc) is 2.97. The van der Waals surface area contributed by atoms with Crippen LogP contribution in [-0.4, -0.2) is 27.0 Å². The normalized spacial score (nSPS) is 11.6. The van der Waals surface area contributed by atoms with Crippen LogP contribution in [0, 0.1) is 13.8 Å². The van der Waals surface area contributed by atoms with Crippen LogP contribution in [0.25, 0.3) is 16.5 Å². The number of aromatic carboxylic acids is 1. The number of amides is 1. The smallest absolute Gasteiger partial charge is 0.339 e. The number of aromatic nitrogens is 2. The lowest BCUT2D eigenvalue weighted by Crippen LogP contribution is -2.25. The summed E-state index contributed by atoms with van der Waals surface area (Å²) in [7, 11) is 0. The summed E-state index contributed by atoms with van der Waals surface area (Å²) in [6, 6.07) is 3.22. The molecule has 144 valence electrons. The Balaban J connectivity index is 1.86. The van der Waals surface area contributed by atoms with E-state index >= 15 is 0 Å². The predicted molar refractivity (Wildman–Crippen MR) is 104 cm³/mol. The molecule has 3 rings (SSSR count). The number of rotatable bonds is 5. The summed E-state index contributed by atoms with van der Waals surface area (Å²) in [5.74, 6) is -1.22. The van der Waals surface area contributed by atoms with E-state index in [0.717, 1.165) is 17.3 Å². The highest BCUT2D eigenvalue weighted by molar-refractivity contribution is 6.36. The Morgan fingerprint density at radius 1 is 1.25 bits per heavy atom. The topological polar surface area (TPSA) is 131 Å². The van der Waals surface area contributed by atoms with Crippen LogP contribution in [-0.2, 0) is 11.3 Å². The summed E-state index contributed by atoms with van der Waals surface area (Å²) in [4.78, 5) is 32.1. The first-order valence-corrected chi connectivity index (χ1v) is 8.63. The van der Waals surface area contributed by atoms with Crippen molar-refractivity contribution in [1.82, 2.24) is 15.3 Å². The molecular formula is C19H17ClN4O4. The zero-order valence-corrected chi connectivity index (χ0v) is 15.9. The Morgan fingerprint density at radius 2 is 1.93 bits per heavy atom. The molecule has 28 heavy (non-hydrogen) atoms. The first-order chi connectivity index (χ1) is 13.3. The second-order valence-electron chi connectivity index (χ2n) is 6.18. The maximum atomic E-state index is 12.5. The fraction of sp³-hybridized carbons (Fsp3) is 0.158. The fourth-order valence-corrected chi connectivity index (χ4v) is 2.92. The van der Waals surface area contributed by atoms with Crippen molar-refractivity contribution in [1.29, 1.82) is 0 Å². The van der Waals surface area contributed by atoms with Gasteiger partial charge in [-0.3, -0.25) is 4.79 Å². The highest BCUT2D eigenvalue weighted by atomic mass is 35.5. The molecule has 0 atom stereocenters. The van der Waals surface area contributed by atoms with E-state index in [-0.39, 0.29) is 39.9 Å². The Bertz CT molecular complexity index is 1100. The third kappa shape index (κ3) is 3.67. The molecule has 3 aromatic rings. The Labute approximate surface area is 165 Å². The van der Waals surface area contributed by atoms with Crippen LogP contribution in [0.15, 0.2) is 35.1 Å². The molecule has 4 N–H and O–H groups in total. The van der Waals surface area contributed by atoms with Crippen molar-refractivity contribution in [3.63, 3.8) is 0 Å². The number of carbonyl (C=O) groups excluding carboxylic acids is 1. The van der Waals surface area contributed by atoms with Gasteiger partial charge in [0.15, 0.2) is 11.4 Å². The van der Waals surface area contributed by atoms with Gasteiger partial charge >= 0.3 is 5.97 Å². The highest BCUT2D eigenvalue weighted by Crippen LogP contribution is 2.33. The van der Waals surface area contributed by atoms with Crippen LogP contribution < -0.4 is 11.1 Å². The van der Waals surface area contributed by atoms with Crippen molar-refractivity contribution in [2.75, 3.05) is 0 Å². The number of nitrogens with two attached hydrogens (primary N) is 1. The Morgan fingerprint density at radius 3 is 2.54 bits per heavy atom. The molecule has 0 aliphatic carbocycles. The third-order valence-corrected chi connectivity index (χ3v) is 4.43. The van der Waals surface area contributed by atoms with Crippen molar-refractivity contribution in [3.05, 3.63) is 64.0 Å². The second kappa shape index (κ2) is 7.69. The maximum Gasteiger partial charge on any atom is 0.339 e. The number of aryl methyl sites for hydroxylation is 2. The molecule has 0 aliphatic rings. The lowest BCUT2D eigenvalue weighted by molar-refractivity contribution is -0.115. The van der Waals surface area contributed by atoms with Gasteiger partial charge in [-0.05, 0) is 37.1 Å². The number of nitrogens with one attached hydrogen (secondary N) is 1. The van der Waals surface area contributed by atoms with Crippen LogP contribution in [0.5, 0.6) is 0 Å². The molecule has 0 fully saturated rings. The molecule has 9 heteroatoms. The third-order valence-electron chi connectivity index (χ3n) is 4.01. The van der Waals surface area contributed by atoms with Crippen molar-refractivity contribution in [2.24, 2.45) is 5.73 Å². The minimum absolute atomic E-state index is 0.00470. The molecule has 1 amide bonds. The molecule has 8 nitrogen and oxygen atoms in total. The quantitative estimate of drug-likeness (QED) is 0.561. The number of nitrogens with zero attached hydrogens (tertiary/aromatic N) is 2. The number of hydrogen-bond donors (Lipinski definition) is 3. The van der Waals surface area contributed by atoms with Gasteiger partial charge in [0, 0.05) is 24.0 Å². The molecule has 0 unspecified atom stereocenters. The van der Waals surface area contributed by atoms with Crippen molar-refractivity contribution in [2.45, 2.75) is 20.4 Å². The van der Waals surface area contributed by atoms with E-state index in [2.05, 4.69) is 15.3 Å². The van der Waals surface area contributed by atoms with E-state index in [0.29, 0.717) is 5.39 Å². The molecular weight excluding hydrogens is 384 g/mol. The number of carboxylic acids is 1. The Kier molecular flexibility index (Phi) is 5.32. The molecule has 1 aromatic carbocycles. The molecule has 0 bridgehead atoms. The van der Waals surface area contributed by atoms with E-state index in [1.807, 2.05) is 6.92 Å². The predicted octanol–water partition coefficient (Wildman–Crippen LogP) is 2.81. The first-order valence-electron chi connectivity index (χ1n) is 8.25. The maximum absolute atomic E-state index is 12.5. The number of furan rings is 1. The number of hydrogen-bond acceptors (Lipinski definition) is 6. The zero-order valence-electron chi connectivity index (χ0n) is 15.1. The SMILES string of the molecule is Cc1cnc(/C(=C\N)C(=O)NCc2oc3c(C(=O)O)cc(C)cc3c2Cl)nc1. The van der Waals surface area contributed by atoms with Gasteiger partial charge in [0.25, 0.3) is 5.91 Å².